The average molecular weight is 706 g/mol. The second kappa shape index (κ2) is 14.6. The molecule has 1 unspecified atom stereocenters. The van der Waals surface area contributed by atoms with E-state index in [4.69, 9.17) is 9.47 Å². The number of carbonyl (C=O) groups excluding carboxylic acids is 1. The van der Waals surface area contributed by atoms with Crippen molar-refractivity contribution in [3.05, 3.63) is 91.9 Å². The number of nitrogens with zero attached hydrogens (tertiary/aromatic N) is 5. The number of ether oxygens (including phenoxy) is 2. The van der Waals surface area contributed by atoms with Gasteiger partial charge in [0.05, 0.1) is 25.8 Å². The number of nitriles is 1. The lowest BCUT2D eigenvalue weighted by Crippen LogP contribution is -2.54. The zero-order valence-electron chi connectivity index (χ0n) is 32.6. The molecule has 2 fully saturated rings. The Morgan fingerprint density at radius 1 is 1.04 bits per heavy atom. The van der Waals surface area contributed by atoms with E-state index in [1.807, 2.05) is 45.7 Å². The third-order valence-corrected chi connectivity index (χ3v) is 11.5. The van der Waals surface area contributed by atoms with Gasteiger partial charge in [0, 0.05) is 69.2 Å². The zero-order valence-corrected chi connectivity index (χ0v) is 32.6. The summed E-state index contributed by atoms with van der Waals surface area (Å²) in [6.07, 6.45) is 7.65. The van der Waals surface area contributed by atoms with Crippen LogP contribution in [-0.4, -0.2) is 71.1 Å². The van der Waals surface area contributed by atoms with E-state index >= 15 is 0 Å². The fourth-order valence-electron chi connectivity index (χ4n) is 8.48. The maximum atomic E-state index is 13.6. The van der Waals surface area contributed by atoms with Gasteiger partial charge < -0.3 is 18.9 Å². The van der Waals surface area contributed by atoms with E-state index in [0.29, 0.717) is 6.54 Å². The Morgan fingerprint density at radius 3 is 2.33 bits per heavy atom. The number of allylic oxidation sites excluding steroid dienone is 1. The van der Waals surface area contributed by atoms with Gasteiger partial charge in [-0.2, -0.15) is 5.26 Å². The number of fused-ring (bicyclic) bond motifs is 1. The van der Waals surface area contributed by atoms with E-state index in [1.54, 1.807) is 31.9 Å². The number of aromatic nitrogens is 1. The minimum absolute atomic E-state index is 0.0141. The zero-order chi connectivity index (χ0) is 37.5. The molecule has 2 aromatic carbocycles. The van der Waals surface area contributed by atoms with Gasteiger partial charge in [-0.1, -0.05) is 52.0 Å². The number of carbonyl (C=O) groups is 1. The van der Waals surface area contributed by atoms with E-state index in [1.165, 1.54) is 29.5 Å². The van der Waals surface area contributed by atoms with Gasteiger partial charge in [-0.15, -0.1) is 0 Å². The molecule has 0 bridgehead atoms. The van der Waals surface area contributed by atoms with Crippen LogP contribution in [0.5, 0.6) is 11.5 Å². The van der Waals surface area contributed by atoms with Crippen LogP contribution in [0, 0.1) is 30.6 Å². The summed E-state index contributed by atoms with van der Waals surface area (Å²) in [4.78, 5) is 33.4. The smallest absolute Gasteiger partial charge is 0.264 e. The minimum Gasteiger partial charge on any atom is -0.496 e. The van der Waals surface area contributed by atoms with Gasteiger partial charge in [0.15, 0.2) is 0 Å². The van der Waals surface area contributed by atoms with Crippen LogP contribution in [0.15, 0.2) is 53.0 Å². The number of benzene rings is 2. The normalized spacial score (nSPS) is 19.0. The number of hydrogen-bond donors (Lipinski definition) is 0. The number of pyridine rings is 1. The van der Waals surface area contributed by atoms with Crippen molar-refractivity contribution >= 4 is 5.91 Å². The molecule has 276 valence electrons. The Bertz CT molecular complexity index is 1970. The highest BCUT2D eigenvalue weighted by Gasteiger charge is 2.51. The lowest BCUT2D eigenvalue weighted by molar-refractivity contribution is -0.129. The topological polar surface area (TPSA) is 91.0 Å². The molecule has 9 heteroatoms. The number of hydrogen-bond acceptors (Lipinski definition) is 7. The monoisotopic (exact) mass is 705 g/mol. The third-order valence-electron chi connectivity index (χ3n) is 11.5. The molecule has 3 heterocycles. The lowest BCUT2D eigenvalue weighted by atomic mass is 9.86. The Morgan fingerprint density at radius 2 is 1.73 bits per heavy atom. The molecule has 6 rings (SSSR count). The Labute approximate surface area is 309 Å². The largest absolute Gasteiger partial charge is 0.496 e. The van der Waals surface area contributed by atoms with Crippen molar-refractivity contribution in [3.8, 4) is 28.7 Å². The van der Waals surface area contributed by atoms with Gasteiger partial charge in [0.25, 0.3) is 11.5 Å². The molecule has 1 aromatic heterocycles. The molecule has 1 saturated carbocycles. The van der Waals surface area contributed by atoms with Crippen LogP contribution in [0.4, 0.5) is 0 Å². The van der Waals surface area contributed by atoms with Crippen molar-refractivity contribution in [2.45, 2.75) is 91.9 Å². The van der Waals surface area contributed by atoms with Crippen molar-refractivity contribution in [3.63, 3.8) is 0 Å². The molecule has 3 aliphatic rings. The summed E-state index contributed by atoms with van der Waals surface area (Å²) in [5.74, 6) is 1.42. The molecule has 0 radical (unpaired) electrons. The standard InChI is InChI=1S/C43H55N5O4/c1-10-37-34-13-11-12-30(33(34)14-17-48(37)41(50)32(23-44)22-42(4,5)6)24-47-19-18-46(27-43(47)15-16-43)26-36-38(51-8)20-31(21-39(36)52-9)35-25-45(7)40(49)29(3)28(35)2/h11-13,20-22,25,37H,10,14-19,24,26-27H2,1-9H3/b32-22+. The van der Waals surface area contributed by atoms with Crippen molar-refractivity contribution in [1.29, 1.82) is 5.26 Å². The van der Waals surface area contributed by atoms with Crippen molar-refractivity contribution in [2.24, 2.45) is 12.5 Å². The highest BCUT2D eigenvalue weighted by molar-refractivity contribution is 5.97. The fraction of sp³-hybridized carbons (Fsp3) is 0.512. The van der Waals surface area contributed by atoms with Crippen LogP contribution < -0.4 is 15.0 Å². The Hall–Kier alpha value is -4.39. The van der Waals surface area contributed by atoms with E-state index in [-0.39, 0.29) is 34.0 Å². The highest BCUT2D eigenvalue weighted by atomic mass is 16.5. The van der Waals surface area contributed by atoms with Gasteiger partial charge in [-0.3, -0.25) is 19.4 Å². The van der Waals surface area contributed by atoms with E-state index in [0.717, 1.165) is 84.9 Å². The molecule has 9 nitrogen and oxygen atoms in total. The Kier molecular flexibility index (Phi) is 10.5. The van der Waals surface area contributed by atoms with Gasteiger partial charge in [-0.05, 0) is 84.9 Å². The number of methoxy groups -OCH3 is 2. The second-order valence-corrected chi connectivity index (χ2v) is 16.1. The summed E-state index contributed by atoms with van der Waals surface area (Å²) in [5, 5.41) is 9.87. The number of aryl methyl sites for hydroxylation is 1. The average Bonchev–Trinajstić information content (AvgIpc) is 3.90. The van der Waals surface area contributed by atoms with Gasteiger partial charge >= 0.3 is 0 Å². The van der Waals surface area contributed by atoms with E-state index < -0.39 is 0 Å². The number of rotatable bonds is 9. The molecule has 1 aliphatic carbocycles. The van der Waals surface area contributed by atoms with Crippen molar-refractivity contribution in [2.75, 3.05) is 40.4 Å². The Balaban J connectivity index is 1.20. The third kappa shape index (κ3) is 7.16. The van der Waals surface area contributed by atoms with E-state index in [9.17, 15) is 14.9 Å². The summed E-state index contributed by atoms with van der Waals surface area (Å²) < 4.78 is 13.6. The predicted octanol–water partition coefficient (Wildman–Crippen LogP) is 6.87. The minimum atomic E-state index is -0.251. The van der Waals surface area contributed by atoms with Crippen LogP contribution in [-0.2, 0) is 31.4 Å². The highest BCUT2D eigenvalue weighted by Crippen LogP contribution is 2.47. The molecule has 1 amide bonds. The van der Waals surface area contributed by atoms with Crippen LogP contribution in [0.2, 0.25) is 0 Å². The first-order valence-electron chi connectivity index (χ1n) is 18.7. The van der Waals surface area contributed by atoms with Gasteiger partial charge in [-0.25, -0.2) is 0 Å². The van der Waals surface area contributed by atoms with Crippen LogP contribution in [0.1, 0.15) is 86.4 Å². The van der Waals surface area contributed by atoms with Crippen molar-refractivity contribution < 1.29 is 14.3 Å². The molecular weight excluding hydrogens is 651 g/mol. The quantitative estimate of drug-likeness (QED) is 0.177. The summed E-state index contributed by atoms with van der Waals surface area (Å²) in [7, 11) is 5.22. The molecule has 1 atom stereocenters. The molecule has 2 aliphatic heterocycles. The molecule has 52 heavy (non-hydrogen) atoms. The van der Waals surface area contributed by atoms with Crippen LogP contribution >= 0.6 is 0 Å². The lowest BCUT2D eigenvalue weighted by Gasteiger charge is -2.43. The van der Waals surface area contributed by atoms with E-state index in [2.05, 4.69) is 53.1 Å². The summed E-state index contributed by atoms with van der Waals surface area (Å²) in [6.45, 7) is 17.2. The first-order valence-corrected chi connectivity index (χ1v) is 18.7. The summed E-state index contributed by atoms with van der Waals surface area (Å²) in [5.41, 5.74) is 8.79. The summed E-state index contributed by atoms with van der Waals surface area (Å²) in [6, 6.07) is 12.9. The molecule has 3 aromatic rings. The maximum absolute atomic E-state index is 13.6. The van der Waals surface area contributed by atoms with Gasteiger partial charge in [0.2, 0.25) is 0 Å². The van der Waals surface area contributed by atoms with Crippen molar-refractivity contribution in [1.82, 2.24) is 19.3 Å². The van der Waals surface area contributed by atoms with Crippen LogP contribution in [0.3, 0.4) is 0 Å². The predicted molar refractivity (Wildman–Crippen MR) is 205 cm³/mol. The maximum Gasteiger partial charge on any atom is 0.264 e. The second-order valence-electron chi connectivity index (χ2n) is 16.1. The van der Waals surface area contributed by atoms with Crippen LogP contribution in [0.25, 0.3) is 11.1 Å². The molecule has 1 saturated heterocycles. The first-order chi connectivity index (χ1) is 24.7. The number of amides is 1. The first kappa shape index (κ1) is 37.4. The molecular formula is C43H55N5O4. The summed E-state index contributed by atoms with van der Waals surface area (Å²) >= 11 is 0. The SMILES string of the molecule is CCC1c2cccc(CN3CCN(Cc4c(OC)cc(-c5cn(C)c(=O)c(C)c5C)cc4OC)CC34CC4)c2CCN1C(=O)/C(C#N)=C/C(C)(C)C. The van der Waals surface area contributed by atoms with Gasteiger partial charge in [0.1, 0.15) is 23.1 Å². The fourth-order valence-corrected chi connectivity index (χ4v) is 8.48. The molecule has 1 spiro atoms. The number of piperazine rings is 1. The molecule has 0 N–H and O–H groups in total.